The van der Waals surface area contributed by atoms with Gasteiger partial charge in [0.2, 0.25) is 0 Å². The van der Waals surface area contributed by atoms with Crippen molar-refractivity contribution in [2.45, 2.75) is 18.9 Å². The van der Waals surface area contributed by atoms with E-state index in [0.717, 1.165) is 25.3 Å². The number of nitrogens with one attached hydrogen (secondary N) is 1. The molecule has 1 atom stereocenters. The molecule has 2 N–H and O–H groups in total. The molecule has 0 heterocycles. The fourth-order valence-corrected chi connectivity index (χ4v) is 1.96. The monoisotopic (exact) mass is 220 g/mol. The molecule has 0 spiro atoms. The van der Waals surface area contributed by atoms with E-state index < -0.39 is 5.60 Å². The summed E-state index contributed by atoms with van der Waals surface area (Å²) < 4.78 is 0. The number of aliphatic hydroxyl groups is 1. The van der Waals surface area contributed by atoms with Crippen LogP contribution in [0.25, 0.3) is 0 Å². The highest BCUT2D eigenvalue weighted by Crippen LogP contribution is 2.08. The van der Waals surface area contributed by atoms with Crippen molar-refractivity contribution in [3.63, 3.8) is 0 Å². The predicted octanol–water partition coefficient (Wildman–Crippen LogP) is 0.642. The number of rotatable bonds is 8. The SMILES string of the molecule is CSCC(C)(O)CNCCCN(C)C. The molecule has 0 amide bonds. The zero-order valence-corrected chi connectivity index (χ0v) is 10.7. The van der Waals surface area contributed by atoms with Crippen LogP contribution in [0.5, 0.6) is 0 Å². The van der Waals surface area contributed by atoms with Crippen LogP contribution in [0.2, 0.25) is 0 Å². The van der Waals surface area contributed by atoms with Crippen molar-refractivity contribution in [2.75, 3.05) is 45.7 Å². The summed E-state index contributed by atoms with van der Waals surface area (Å²) in [5.41, 5.74) is -0.572. The Bertz CT molecular complexity index is 140. The molecule has 0 aliphatic rings. The number of hydrogen-bond donors (Lipinski definition) is 2. The van der Waals surface area contributed by atoms with Gasteiger partial charge in [-0.25, -0.2) is 0 Å². The molecule has 0 fully saturated rings. The average molecular weight is 220 g/mol. The highest BCUT2D eigenvalue weighted by atomic mass is 32.2. The second kappa shape index (κ2) is 7.51. The van der Waals surface area contributed by atoms with Crippen LogP contribution in [-0.2, 0) is 0 Å². The summed E-state index contributed by atoms with van der Waals surface area (Å²) in [6.45, 7) is 4.63. The van der Waals surface area contributed by atoms with Crippen LogP contribution in [0.3, 0.4) is 0 Å². The van der Waals surface area contributed by atoms with E-state index >= 15 is 0 Å². The summed E-state index contributed by atoms with van der Waals surface area (Å²) in [5.74, 6) is 0.785. The fraction of sp³-hybridized carbons (Fsp3) is 1.00. The molecule has 0 saturated carbocycles. The van der Waals surface area contributed by atoms with E-state index in [2.05, 4.69) is 24.3 Å². The molecular weight excluding hydrogens is 196 g/mol. The molecule has 0 bridgehead atoms. The predicted molar refractivity (Wildman–Crippen MR) is 65.0 cm³/mol. The summed E-state index contributed by atoms with van der Waals surface area (Å²) in [5, 5.41) is 13.1. The van der Waals surface area contributed by atoms with E-state index in [1.807, 2.05) is 13.2 Å². The summed E-state index contributed by atoms with van der Waals surface area (Å²) in [7, 11) is 4.15. The molecule has 86 valence electrons. The standard InChI is InChI=1S/C10H24N2OS/c1-10(13,9-14-4)8-11-6-5-7-12(2)3/h11,13H,5-9H2,1-4H3. The normalized spacial score (nSPS) is 15.9. The number of thioether (sulfide) groups is 1. The Morgan fingerprint density at radius 3 is 2.57 bits per heavy atom. The van der Waals surface area contributed by atoms with Crippen molar-refractivity contribution in [1.29, 1.82) is 0 Å². The highest BCUT2D eigenvalue weighted by Gasteiger charge is 2.18. The molecule has 0 aromatic rings. The maximum Gasteiger partial charge on any atom is 0.0833 e. The average Bonchev–Trinajstić information content (AvgIpc) is 2.02. The Labute approximate surface area is 92.3 Å². The van der Waals surface area contributed by atoms with E-state index in [0.29, 0.717) is 6.54 Å². The lowest BCUT2D eigenvalue weighted by Gasteiger charge is -2.22. The molecule has 1 unspecified atom stereocenters. The summed E-state index contributed by atoms with van der Waals surface area (Å²) in [6, 6.07) is 0. The Morgan fingerprint density at radius 1 is 1.43 bits per heavy atom. The zero-order valence-electron chi connectivity index (χ0n) is 9.84. The minimum Gasteiger partial charge on any atom is -0.388 e. The first kappa shape index (κ1) is 14.2. The highest BCUT2D eigenvalue weighted by molar-refractivity contribution is 7.98. The van der Waals surface area contributed by atoms with E-state index in [1.165, 1.54) is 0 Å². The first-order valence-electron chi connectivity index (χ1n) is 5.05. The lowest BCUT2D eigenvalue weighted by Crippen LogP contribution is -2.40. The maximum atomic E-state index is 9.83. The van der Waals surface area contributed by atoms with Crippen LogP contribution >= 0.6 is 11.8 Å². The largest absolute Gasteiger partial charge is 0.388 e. The lowest BCUT2D eigenvalue weighted by molar-refractivity contribution is 0.0849. The van der Waals surface area contributed by atoms with Crippen molar-refractivity contribution in [3.8, 4) is 0 Å². The second-order valence-electron chi connectivity index (χ2n) is 4.26. The Kier molecular flexibility index (Phi) is 7.64. The number of hydrogen-bond acceptors (Lipinski definition) is 4. The van der Waals surface area contributed by atoms with Gasteiger partial charge in [0.1, 0.15) is 0 Å². The Hall–Kier alpha value is 0.230. The third-order valence-electron chi connectivity index (χ3n) is 1.92. The number of nitrogens with zero attached hydrogens (tertiary/aromatic N) is 1. The molecule has 4 heteroatoms. The third kappa shape index (κ3) is 8.81. The van der Waals surface area contributed by atoms with Crippen LogP contribution < -0.4 is 5.32 Å². The van der Waals surface area contributed by atoms with Crippen molar-refractivity contribution in [3.05, 3.63) is 0 Å². The molecule has 14 heavy (non-hydrogen) atoms. The third-order valence-corrected chi connectivity index (χ3v) is 2.83. The molecule has 0 aromatic heterocycles. The molecule has 0 aliphatic carbocycles. The zero-order chi connectivity index (χ0) is 11.0. The quantitative estimate of drug-likeness (QED) is 0.589. The van der Waals surface area contributed by atoms with E-state index in [1.54, 1.807) is 11.8 Å². The minimum absolute atomic E-state index is 0.572. The molecule has 0 radical (unpaired) electrons. The summed E-state index contributed by atoms with van der Waals surface area (Å²) in [6.07, 6.45) is 3.14. The van der Waals surface area contributed by atoms with E-state index in [9.17, 15) is 5.11 Å². The van der Waals surface area contributed by atoms with Crippen molar-refractivity contribution in [1.82, 2.24) is 10.2 Å². The topological polar surface area (TPSA) is 35.5 Å². The molecule has 0 aliphatic heterocycles. The Balaban J connectivity index is 3.34. The van der Waals surface area contributed by atoms with Crippen LogP contribution in [0.15, 0.2) is 0 Å². The first-order chi connectivity index (χ1) is 6.48. The van der Waals surface area contributed by atoms with Gasteiger partial charge >= 0.3 is 0 Å². The summed E-state index contributed by atoms with van der Waals surface area (Å²) >= 11 is 1.68. The molecule has 0 aromatic carbocycles. The van der Waals surface area contributed by atoms with Crippen LogP contribution in [-0.4, -0.2) is 61.3 Å². The fourth-order valence-electron chi connectivity index (χ4n) is 1.24. The van der Waals surface area contributed by atoms with Gasteiger partial charge in [0.25, 0.3) is 0 Å². The van der Waals surface area contributed by atoms with Gasteiger partial charge in [-0.15, -0.1) is 0 Å². The van der Waals surface area contributed by atoms with Crippen molar-refractivity contribution >= 4 is 11.8 Å². The van der Waals surface area contributed by atoms with Gasteiger partial charge in [0.15, 0.2) is 0 Å². The van der Waals surface area contributed by atoms with Gasteiger partial charge in [-0.05, 0) is 46.8 Å². The second-order valence-corrected chi connectivity index (χ2v) is 5.13. The van der Waals surface area contributed by atoms with Crippen molar-refractivity contribution < 1.29 is 5.11 Å². The molecule has 3 nitrogen and oxygen atoms in total. The molecule has 0 saturated heterocycles. The first-order valence-corrected chi connectivity index (χ1v) is 6.44. The van der Waals surface area contributed by atoms with Crippen LogP contribution in [0, 0.1) is 0 Å². The van der Waals surface area contributed by atoms with Gasteiger partial charge < -0.3 is 15.3 Å². The van der Waals surface area contributed by atoms with Crippen LogP contribution in [0.4, 0.5) is 0 Å². The van der Waals surface area contributed by atoms with Gasteiger partial charge in [0, 0.05) is 12.3 Å². The maximum absolute atomic E-state index is 9.83. The van der Waals surface area contributed by atoms with Gasteiger partial charge in [0.05, 0.1) is 5.60 Å². The van der Waals surface area contributed by atoms with E-state index in [-0.39, 0.29) is 0 Å². The van der Waals surface area contributed by atoms with E-state index in [4.69, 9.17) is 0 Å². The summed E-state index contributed by atoms with van der Waals surface area (Å²) in [4.78, 5) is 2.17. The van der Waals surface area contributed by atoms with Gasteiger partial charge in [-0.3, -0.25) is 0 Å². The van der Waals surface area contributed by atoms with Gasteiger partial charge in [-0.2, -0.15) is 11.8 Å². The van der Waals surface area contributed by atoms with Gasteiger partial charge in [-0.1, -0.05) is 0 Å². The molecular formula is C10H24N2OS. The van der Waals surface area contributed by atoms with Crippen LogP contribution in [0.1, 0.15) is 13.3 Å². The van der Waals surface area contributed by atoms with Crippen molar-refractivity contribution in [2.24, 2.45) is 0 Å². The Morgan fingerprint density at radius 2 is 2.07 bits per heavy atom. The molecule has 0 rings (SSSR count). The lowest BCUT2D eigenvalue weighted by atomic mass is 10.1. The minimum atomic E-state index is -0.572. The smallest absolute Gasteiger partial charge is 0.0833 e.